The van der Waals surface area contributed by atoms with Gasteiger partial charge in [0.2, 0.25) is 6.29 Å². The van der Waals surface area contributed by atoms with Gasteiger partial charge in [0.1, 0.15) is 29.8 Å². The van der Waals surface area contributed by atoms with Crippen LogP contribution in [-0.4, -0.2) is 59.8 Å². The van der Waals surface area contributed by atoms with Gasteiger partial charge >= 0.3 is 0 Å². The second-order valence-corrected chi connectivity index (χ2v) is 8.28. The van der Waals surface area contributed by atoms with Crippen molar-refractivity contribution in [3.8, 4) is 11.5 Å². The van der Waals surface area contributed by atoms with Crippen molar-refractivity contribution < 1.29 is 33.9 Å². The number of aliphatic hydroxyl groups is 3. The van der Waals surface area contributed by atoms with Crippen molar-refractivity contribution in [3.63, 3.8) is 0 Å². The van der Waals surface area contributed by atoms with E-state index in [-0.39, 0.29) is 0 Å². The third kappa shape index (κ3) is 4.01. The van der Waals surface area contributed by atoms with Crippen molar-refractivity contribution >= 4 is 21.4 Å². The fraction of sp³-hybridized carbons (Fsp3) is 0.364. The molecule has 5 unspecified atom stereocenters. The molecule has 1 fully saturated rings. The Labute approximate surface area is 177 Å². The predicted molar refractivity (Wildman–Crippen MR) is 111 cm³/mol. The van der Waals surface area contributed by atoms with E-state index in [1.54, 1.807) is 18.4 Å². The van der Waals surface area contributed by atoms with Gasteiger partial charge in [-0.05, 0) is 29.8 Å². The molecule has 0 spiro atoms. The molecule has 2 aromatic carbocycles. The number of rotatable bonds is 6. The third-order valence-electron chi connectivity index (χ3n) is 5.17. The molecule has 2 heterocycles. The molecule has 160 valence electrons. The van der Waals surface area contributed by atoms with Gasteiger partial charge in [-0.3, -0.25) is 0 Å². The average molecular weight is 434 g/mol. The molecule has 8 heteroatoms. The number of aliphatic hydroxyl groups excluding tert-OH is 3. The van der Waals surface area contributed by atoms with Crippen molar-refractivity contribution in [1.29, 1.82) is 0 Å². The fourth-order valence-electron chi connectivity index (χ4n) is 3.50. The molecule has 5 atom stereocenters. The molecular weight excluding hydrogens is 411 g/mol. The highest BCUT2D eigenvalue weighted by Gasteiger charge is 2.46. The van der Waals surface area contributed by atoms with Crippen molar-refractivity contribution in [2.24, 2.45) is 0 Å². The molecule has 1 saturated heterocycles. The van der Waals surface area contributed by atoms with E-state index in [9.17, 15) is 19.7 Å². The van der Waals surface area contributed by atoms with E-state index in [1.165, 1.54) is 0 Å². The van der Waals surface area contributed by atoms with Gasteiger partial charge in [-0.25, -0.2) is 4.39 Å². The lowest BCUT2D eigenvalue weighted by Gasteiger charge is -2.38. The highest BCUT2D eigenvalue weighted by molar-refractivity contribution is 7.19. The number of benzene rings is 2. The monoisotopic (exact) mass is 434 g/mol. The van der Waals surface area contributed by atoms with Crippen LogP contribution in [0.25, 0.3) is 10.1 Å². The Hall–Kier alpha value is -2.23. The second-order valence-electron chi connectivity index (χ2n) is 7.14. The predicted octanol–water partition coefficient (Wildman–Crippen LogP) is 2.66. The van der Waals surface area contributed by atoms with Crippen LogP contribution in [0.15, 0.2) is 48.5 Å². The first-order chi connectivity index (χ1) is 14.5. The largest absolute Gasteiger partial charge is 0.497 e. The quantitative estimate of drug-likeness (QED) is 0.553. The highest BCUT2D eigenvalue weighted by atomic mass is 32.1. The molecule has 3 N–H and O–H groups in total. The van der Waals surface area contributed by atoms with E-state index in [2.05, 4.69) is 0 Å². The Morgan fingerprint density at radius 3 is 2.50 bits per heavy atom. The topological polar surface area (TPSA) is 88.4 Å². The van der Waals surface area contributed by atoms with Gasteiger partial charge in [-0.2, -0.15) is 0 Å². The van der Waals surface area contributed by atoms with Gasteiger partial charge in [0.05, 0.1) is 18.6 Å². The average Bonchev–Trinajstić information content (AvgIpc) is 3.11. The van der Waals surface area contributed by atoms with Crippen LogP contribution >= 0.6 is 11.3 Å². The molecule has 4 rings (SSSR count). The normalized spacial score (nSPS) is 26.6. The maximum Gasteiger partial charge on any atom is 0.229 e. The number of ether oxygens (including phenoxy) is 3. The maximum atomic E-state index is 14.1. The number of hydrogen-bond donors (Lipinski definition) is 3. The van der Waals surface area contributed by atoms with Crippen molar-refractivity contribution in [2.75, 3.05) is 13.7 Å². The number of halogens is 1. The number of methoxy groups -OCH3 is 1. The maximum absolute atomic E-state index is 14.1. The first-order valence-corrected chi connectivity index (χ1v) is 10.4. The fourth-order valence-corrected chi connectivity index (χ4v) is 4.67. The van der Waals surface area contributed by atoms with Crippen LogP contribution in [0.1, 0.15) is 10.4 Å². The number of hydrogen-bond acceptors (Lipinski definition) is 7. The first kappa shape index (κ1) is 21.0. The molecule has 0 saturated carbocycles. The Kier molecular flexibility index (Phi) is 6.21. The standard InChI is InChI=1S/C22H23FO6S/c1-27-13-8-6-12(7-9-13)10-17-21(14-4-2-3-5-16(14)30-17)29-22-20(26)19(25)18(23)15(11-24)28-22/h2-9,15,18-20,22,24-26H,10-11H2,1H3. The van der Waals surface area contributed by atoms with Crippen molar-refractivity contribution in [1.82, 2.24) is 0 Å². The number of thiophene rings is 1. The number of alkyl halides is 1. The lowest BCUT2D eigenvalue weighted by atomic mass is 10.0. The zero-order valence-electron chi connectivity index (χ0n) is 16.3. The lowest BCUT2D eigenvalue weighted by molar-refractivity contribution is -0.264. The van der Waals surface area contributed by atoms with Crippen molar-refractivity contribution in [3.05, 3.63) is 59.0 Å². The zero-order chi connectivity index (χ0) is 21.3. The van der Waals surface area contributed by atoms with Gasteiger partial charge in [-0.1, -0.05) is 24.3 Å². The third-order valence-corrected chi connectivity index (χ3v) is 6.33. The molecule has 1 aromatic heterocycles. The second kappa shape index (κ2) is 8.87. The molecule has 0 amide bonds. The van der Waals surface area contributed by atoms with E-state index < -0.39 is 37.4 Å². The molecule has 1 aliphatic heterocycles. The lowest BCUT2D eigenvalue weighted by Crippen LogP contribution is -2.58. The van der Waals surface area contributed by atoms with Gasteiger partial charge in [0.15, 0.2) is 6.17 Å². The van der Waals surface area contributed by atoms with Crippen LogP contribution in [-0.2, 0) is 11.2 Å². The summed E-state index contributed by atoms with van der Waals surface area (Å²) in [6.45, 7) is -0.631. The summed E-state index contributed by atoms with van der Waals surface area (Å²) in [5.41, 5.74) is 1.04. The SMILES string of the molecule is COc1ccc(Cc2sc3ccccc3c2OC2OC(CO)C(F)C(O)C2O)cc1. The first-order valence-electron chi connectivity index (χ1n) is 9.58. The molecule has 0 radical (unpaired) electrons. The summed E-state index contributed by atoms with van der Waals surface area (Å²) in [6, 6.07) is 15.3. The molecule has 0 aliphatic carbocycles. The van der Waals surface area contributed by atoms with Crippen LogP contribution in [0.2, 0.25) is 0 Å². The van der Waals surface area contributed by atoms with Gasteiger partial charge in [-0.15, -0.1) is 11.3 Å². The van der Waals surface area contributed by atoms with Gasteiger partial charge in [0.25, 0.3) is 0 Å². The van der Waals surface area contributed by atoms with Crippen molar-refractivity contribution in [2.45, 2.75) is 37.2 Å². The Balaban J connectivity index is 1.66. The summed E-state index contributed by atoms with van der Waals surface area (Å²) in [4.78, 5) is 0.898. The van der Waals surface area contributed by atoms with E-state index in [0.29, 0.717) is 12.2 Å². The van der Waals surface area contributed by atoms with E-state index in [4.69, 9.17) is 14.2 Å². The number of fused-ring (bicyclic) bond motifs is 1. The highest BCUT2D eigenvalue weighted by Crippen LogP contribution is 2.41. The summed E-state index contributed by atoms with van der Waals surface area (Å²) in [5, 5.41) is 30.5. The Morgan fingerprint density at radius 2 is 1.80 bits per heavy atom. The smallest absolute Gasteiger partial charge is 0.229 e. The minimum absolute atomic E-state index is 0.511. The van der Waals surface area contributed by atoms with Gasteiger partial charge < -0.3 is 29.5 Å². The summed E-state index contributed by atoms with van der Waals surface area (Å²) in [5.74, 6) is 1.27. The molecule has 1 aliphatic rings. The molecule has 0 bridgehead atoms. The summed E-state index contributed by atoms with van der Waals surface area (Å²) >= 11 is 1.55. The summed E-state index contributed by atoms with van der Waals surface area (Å²) in [7, 11) is 1.61. The van der Waals surface area contributed by atoms with E-state index in [0.717, 1.165) is 26.3 Å². The summed E-state index contributed by atoms with van der Waals surface area (Å²) < 4.78 is 31.7. The minimum atomic E-state index is -1.90. The van der Waals surface area contributed by atoms with Gasteiger partial charge in [0, 0.05) is 16.5 Å². The van der Waals surface area contributed by atoms with Crippen LogP contribution in [0.5, 0.6) is 11.5 Å². The zero-order valence-corrected chi connectivity index (χ0v) is 17.1. The molecule has 6 nitrogen and oxygen atoms in total. The van der Waals surface area contributed by atoms with Crippen LogP contribution in [0.4, 0.5) is 4.39 Å². The van der Waals surface area contributed by atoms with E-state index in [1.807, 2.05) is 48.5 Å². The minimum Gasteiger partial charge on any atom is -0.497 e. The Morgan fingerprint density at radius 1 is 1.07 bits per heavy atom. The Bertz CT molecular complexity index is 989. The molecule has 30 heavy (non-hydrogen) atoms. The van der Waals surface area contributed by atoms with Crippen LogP contribution in [0.3, 0.4) is 0 Å². The molecule has 3 aromatic rings. The van der Waals surface area contributed by atoms with Crippen LogP contribution < -0.4 is 9.47 Å². The molecular formula is C22H23FO6S. The van der Waals surface area contributed by atoms with E-state index >= 15 is 0 Å². The van der Waals surface area contributed by atoms with Crippen LogP contribution in [0, 0.1) is 0 Å². The summed E-state index contributed by atoms with van der Waals surface area (Å²) in [6.07, 6.45) is -7.21.